The Morgan fingerprint density at radius 1 is 1.33 bits per heavy atom. The quantitative estimate of drug-likeness (QED) is 0.930. The van der Waals surface area contributed by atoms with Crippen LogP contribution in [0.25, 0.3) is 0 Å². The number of anilines is 1. The van der Waals surface area contributed by atoms with Gasteiger partial charge in [-0.1, -0.05) is 0 Å². The monoisotopic (exact) mass is 286 g/mol. The van der Waals surface area contributed by atoms with Crippen molar-refractivity contribution in [2.24, 2.45) is 0 Å². The Morgan fingerprint density at radius 3 is 2.81 bits per heavy atom. The Kier molecular flexibility index (Phi) is 3.88. The van der Waals surface area contributed by atoms with Crippen LogP contribution >= 0.6 is 0 Å². The molecule has 0 spiro atoms. The third-order valence-electron chi connectivity index (χ3n) is 4.13. The first-order chi connectivity index (χ1) is 10.1. The first-order valence-corrected chi connectivity index (χ1v) is 7.39. The van der Waals surface area contributed by atoms with E-state index in [-0.39, 0.29) is 0 Å². The van der Waals surface area contributed by atoms with Crippen LogP contribution in [0.1, 0.15) is 35.8 Å². The van der Waals surface area contributed by atoms with Crippen molar-refractivity contribution in [2.45, 2.75) is 32.4 Å². The number of rotatable bonds is 4. The van der Waals surface area contributed by atoms with E-state index >= 15 is 0 Å². The highest BCUT2D eigenvalue weighted by Crippen LogP contribution is 2.32. The average molecular weight is 286 g/mol. The summed E-state index contributed by atoms with van der Waals surface area (Å²) >= 11 is 0. The summed E-state index contributed by atoms with van der Waals surface area (Å²) in [4.78, 5) is 4.43. The fourth-order valence-electron chi connectivity index (χ4n) is 2.84. The molecule has 1 N–H and O–H groups in total. The first-order valence-electron chi connectivity index (χ1n) is 7.39. The normalized spacial score (nSPS) is 19.1. The Labute approximate surface area is 125 Å². The fraction of sp³-hybridized carbons (Fsp3) is 0.533. The minimum absolute atomic E-state index is 0.358. The number of aromatic amines is 1. The largest absolute Gasteiger partial charge is 0.361 e. The lowest BCUT2D eigenvalue weighted by molar-refractivity contribution is 0.240. The lowest BCUT2D eigenvalue weighted by Crippen LogP contribution is -2.24. The van der Waals surface area contributed by atoms with Crippen molar-refractivity contribution in [3.63, 3.8) is 0 Å². The number of hydrogen-bond donors (Lipinski definition) is 1. The summed E-state index contributed by atoms with van der Waals surface area (Å²) in [5.74, 6) is 0.896. The molecule has 2 aromatic rings. The summed E-state index contributed by atoms with van der Waals surface area (Å²) in [6.45, 7) is 4.09. The van der Waals surface area contributed by atoms with Crippen molar-refractivity contribution >= 4 is 5.82 Å². The van der Waals surface area contributed by atoms with E-state index in [1.54, 1.807) is 0 Å². The molecule has 0 bridgehead atoms. The second kappa shape index (κ2) is 5.81. The summed E-state index contributed by atoms with van der Waals surface area (Å²) in [5.41, 5.74) is 3.48. The maximum atomic E-state index is 4.42. The Balaban J connectivity index is 1.76. The molecule has 1 fully saturated rings. The average Bonchev–Trinajstić information content (AvgIpc) is 3.09. The second-order valence-electron chi connectivity index (χ2n) is 5.87. The van der Waals surface area contributed by atoms with Crippen molar-refractivity contribution < 1.29 is 0 Å². The van der Waals surface area contributed by atoms with E-state index in [1.165, 1.54) is 17.7 Å². The van der Waals surface area contributed by atoms with Crippen molar-refractivity contribution in [3.05, 3.63) is 35.3 Å². The van der Waals surface area contributed by atoms with Gasteiger partial charge in [0.1, 0.15) is 0 Å². The zero-order valence-electron chi connectivity index (χ0n) is 12.9. The molecule has 112 valence electrons. The predicted octanol–water partition coefficient (Wildman–Crippen LogP) is 1.91. The van der Waals surface area contributed by atoms with E-state index in [0.29, 0.717) is 6.04 Å². The van der Waals surface area contributed by atoms with Crippen LogP contribution in [0, 0.1) is 6.92 Å². The van der Waals surface area contributed by atoms with Gasteiger partial charge >= 0.3 is 0 Å². The molecule has 0 aliphatic carbocycles. The van der Waals surface area contributed by atoms with Crippen molar-refractivity contribution in [2.75, 3.05) is 25.5 Å². The standard InChI is InChI=1S/C15H22N6/c1-11-9-16-17-13(11)10-21-8-4-5-14(21)12-6-7-15(19-18-12)20(2)3/h6-7,9,14H,4-5,8,10H2,1-3H3,(H,16,17). The number of nitrogens with zero attached hydrogens (tertiary/aromatic N) is 5. The third kappa shape index (κ3) is 2.90. The molecular formula is C15H22N6. The molecule has 1 unspecified atom stereocenters. The molecule has 3 rings (SSSR count). The van der Waals surface area contributed by atoms with Gasteiger partial charge in [0.15, 0.2) is 5.82 Å². The van der Waals surface area contributed by atoms with E-state index in [2.05, 4.69) is 38.3 Å². The predicted molar refractivity (Wildman–Crippen MR) is 82.1 cm³/mol. The summed E-state index contributed by atoms with van der Waals surface area (Å²) in [7, 11) is 3.96. The lowest BCUT2D eigenvalue weighted by Gasteiger charge is -2.23. The van der Waals surface area contributed by atoms with Crippen LogP contribution in [-0.2, 0) is 6.54 Å². The van der Waals surface area contributed by atoms with Crippen LogP contribution in [0.5, 0.6) is 0 Å². The molecule has 21 heavy (non-hydrogen) atoms. The van der Waals surface area contributed by atoms with Gasteiger partial charge < -0.3 is 4.90 Å². The smallest absolute Gasteiger partial charge is 0.150 e. The summed E-state index contributed by atoms with van der Waals surface area (Å²) in [5, 5.41) is 15.9. The molecular weight excluding hydrogens is 264 g/mol. The van der Waals surface area contributed by atoms with E-state index in [1.807, 2.05) is 31.3 Å². The second-order valence-corrected chi connectivity index (χ2v) is 5.87. The molecule has 1 aliphatic rings. The minimum atomic E-state index is 0.358. The van der Waals surface area contributed by atoms with Gasteiger partial charge in [0.25, 0.3) is 0 Å². The zero-order valence-corrected chi connectivity index (χ0v) is 12.9. The van der Waals surface area contributed by atoms with Crippen molar-refractivity contribution in [3.8, 4) is 0 Å². The van der Waals surface area contributed by atoms with Gasteiger partial charge in [-0.25, -0.2) is 0 Å². The van der Waals surface area contributed by atoms with Crippen LogP contribution < -0.4 is 4.90 Å². The Hall–Kier alpha value is -1.95. The third-order valence-corrected chi connectivity index (χ3v) is 4.13. The molecule has 1 saturated heterocycles. The van der Waals surface area contributed by atoms with Crippen LogP contribution in [-0.4, -0.2) is 45.9 Å². The highest BCUT2D eigenvalue weighted by atomic mass is 15.3. The van der Waals surface area contributed by atoms with Gasteiger partial charge in [0.05, 0.1) is 23.6 Å². The Morgan fingerprint density at radius 2 is 2.19 bits per heavy atom. The number of hydrogen-bond acceptors (Lipinski definition) is 5. The molecule has 0 saturated carbocycles. The van der Waals surface area contributed by atoms with Crippen LogP contribution in [0.15, 0.2) is 18.3 Å². The number of nitrogens with one attached hydrogen (secondary N) is 1. The molecule has 6 nitrogen and oxygen atoms in total. The van der Waals surface area contributed by atoms with Gasteiger partial charge in [-0.3, -0.25) is 10.00 Å². The van der Waals surface area contributed by atoms with Gasteiger partial charge in [-0.2, -0.15) is 10.2 Å². The van der Waals surface area contributed by atoms with E-state index in [4.69, 9.17) is 0 Å². The molecule has 3 heterocycles. The number of aromatic nitrogens is 4. The molecule has 1 aliphatic heterocycles. The highest BCUT2D eigenvalue weighted by Gasteiger charge is 2.28. The summed E-state index contributed by atoms with van der Waals surface area (Å²) < 4.78 is 0. The molecule has 2 aromatic heterocycles. The fourth-order valence-corrected chi connectivity index (χ4v) is 2.84. The topological polar surface area (TPSA) is 60.9 Å². The number of H-pyrrole nitrogens is 1. The highest BCUT2D eigenvalue weighted by molar-refractivity contribution is 5.35. The summed E-state index contributed by atoms with van der Waals surface area (Å²) in [6, 6.07) is 4.50. The van der Waals surface area contributed by atoms with Gasteiger partial charge in [-0.05, 0) is 44.0 Å². The zero-order chi connectivity index (χ0) is 14.8. The van der Waals surface area contributed by atoms with Crippen LogP contribution in [0.4, 0.5) is 5.82 Å². The van der Waals surface area contributed by atoms with Crippen molar-refractivity contribution in [1.82, 2.24) is 25.3 Å². The number of aryl methyl sites for hydroxylation is 1. The Bertz CT molecular complexity index is 588. The molecule has 0 aromatic carbocycles. The molecule has 6 heteroatoms. The molecule has 0 radical (unpaired) electrons. The van der Waals surface area contributed by atoms with E-state index < -0.39 is 0 Å². The van der Waals surface area contributed by atoms with Gasteiger partial charge in [0, 0.05) is 20.6 Å². The first kappa shape index (κ1) is 14.0. The minimum Gasteiger partial charge on any atom is -0.361 e. The van der Waals surface area contributed by atoms with Gasteiger partial charge in [0.2, 0.25) is 0 Å². The maximum Gasteiger partial charge on any atom is 0.150 e. The number of likely N-dealkylation sites (tertiary alicyclic amines) is 1. The van der Waals surface area contributed by atoms with Crippen LogP contribution in [0.2, 0.25) is 0 Å². The molecule has 0 amide bonds. The SMILES string of the molecule is Cc1cn[nH]c1CN1CCCC1c1ccc(N(C)C)nn1. The maximum absolute atomic E-state index is 4.42. The van der Waals surface area contributed by atoms with E-state index in [0.717, 1.165) is 31.0 Å². The van der Waals surface area contributed by atoms with E-state index in [9.17, 15) is 0 Å². The lowest BCUT2D eigenvalue weighted by atomic mass is 10.1. The van der Waals surface area contributed by atoms with Crippen LogP contribution in [0.3, 0.4) is 0 Å². The van der Waals surface area contributed by atoms with Crippen molar-refractivity contribution in [1.29, 1.82) is 0 Å². The summed E-state index contributed by atoms with van der Waals surface area (Å²) in [6.07, 6.45) is 4.23. The van der Waals surface area contributed by atoms with Gasteiger partial charge in [-0.15, -0.1) is 5.10 Å². The molecule has 1 atom stereocenters.